The molecule has 21 heavy (non-hydrogen) atoms. The van der Waals surface area contributed by atoms with Crippen LogP contribution in [0.4, 0.5) is 0 Å². The number of benzene rings is 2. The van der Waals surface area contributed by atoms with Gasteiger partial charge in [-0.05, 0) is 36.8 Å². The zero-order valence-electron chi connectivity index (χ0n) is 11.4. The van der Waals surface area contributed by atoms with Crippen LogP contribution in [0.1, 0.15) is 23.7 Å². The van der Waals surface area contributed by atoms with Crippen LogP contribution >= 0.6 is 34.8 Å². The third-order valence-corrected chi connectivity index (χ3v) is 4.11. The summed E-state index contributed by atoms with van der Waals surface area (Å²) in [6.07, 6.45) is 0. The molecular weight excluding hydrogens is 327 g/mol. The molecule has 0 aliphatic rings. The zero-order valence-corrected chi connectivity index (χ0v) is 13.6. The van der Waals surface area contributed by atoms with Crippen molar-refractivity contribution in [3.8, 4) is 0 Å². The largest absolute Gasteiger partial charge is 0.321 e. The molecule has 1 heterocycles. The number of fused-ring (bicyclic) bond motifs is 1. The molecule has 0 spiro atoms. The monoisotopic (exact) mass is 338 g/mol. The van der Waals surface area contributed by atoms with Gasteiger partial charge in [0.05, 0.1) is 21.4 Å². The van der Waals surface area contributed by atoms with Crippen LogP contribution < -0.4 is 0 Å². The van der Waals surface area contributed by atoms with E-state index < -0.39 is 0 Å². The Morgan fingerprint density at radius 1 is 1.10 bits per heavy atom. The zero-order chi connectivity index (χ0) is 15.0. The van der Waals surface area contributed by atoms with Crippen molar-refractivity contribution in [3.63, 3.8) is 0 Å². The number of imidazole rings is 1. The van der Waals surface area contributed by atoms with Crippen molar-refractivity contribution in [2.75, 3.05) is 0 Å². The molecule has 0 radical (unpaired) electrons. The van der Waals surface area contributed by atoms with E-state index in [9.17, 15) is 0 Å². The van der Waals surface area contributed by atoms with E-state index in [1.807, 2.05) is 49.4 Å². The minimum absolute atomic E-state index is 0.194. The second-order valence-electron chi connectivity index (χ2n) is 4.91. The Kier molecular flexibility index (Phi) is 4.12. The van der Waals surface area contributed by atoms with Gasteiger partial charge in [0.1, 0.15) is 5.82 Å². The quantitative estimate of drug-likeness (QED) is 0.560. The minimum atomic E-state index is -0.194. The first-order chi connectivity index (χ1) is 10.1. The van der Waals surface area contributed by atoms with E-state index in [0.29, 0.717) is 11.6 Å². The van der Waals surface area contributed by atoms with Crippen molar-refractivity contribution < 1.29 is 0 Å². The third kappa shape index (κ3) is 2.89. The topological polar surface area (TPSA) is 17.8 Å². The van der Waals surface area contributed by atoms with Crippen molar-refractivity contribution in [1.29, 1.82) is 0 Å². The summed E-state index contributed by atoms with van der Waals surface area (Å²) in [5, 5.41) is 1.21. The van der Waals surface area contributed by atoms with Crippen LogP contribution in [-0.4, -0.2) is 9.55 Å². The van der Waals surface area contributed by atoms with Crippen molar-refractivity contribution in [2.45, 2.75) is 18.8 Å². The molecule has 0 aliphatic carbocycles. The van der Waals surface area contributed by atoms with Crippen LogP contribution in [0.5, 0.6) is 0 Å². The Bertz CT molecular complexity index is 776. The van der Waals surface area contributed by atoms with E-state index in [0.717, 1.165) is 27.4 Å². The fourth-order valence-electron chi connectivity index (χ4n) is 2.40. The van der Waals surface area contributed by atoms with Crippen molar-refractivity contribution in [2.24, 2.45) is 0 Å². The van der Waals surface area contributed by atoms with Gasteiger partial charge in [0.2, 0.25) is 0 Å². The van der Waals surface area contributed by atoms with Crippen LogP contribution in [0.15, 0.2) is 42.5 Å². The molecule has 2 aromatic carbocycles. The van der Waals surface area contributed by atoms with Gasteiger partial charge in [-0.15, -0.1) is 11.6 Å². The van der Waals surface area contributed by atoms with Crippen LogP contribution in [0.25, 0.3) is 11.0 Å². The summed E-state index contributed by atoms with van der Waals surface area (Å²) in [5.74, 6) is 0.815. The lowest BCUT2D eigenvalue weighted by molar-refractivity contribution is 0.743. The Morgan fingerprint density at radius 2 is 1.81 bits per heavy atom. The van der Waals surface area contributed by atoms with Gasteiger partial charge in [-0.2, -0.15) is 0 Å². The Labute approximate surface area is 138 Å². The lowest BCUT2D eigenvalue weighted by atomic mass is 10.2. The number of aromatic nitrogens is 2. The molecule has 0 N–H and O–H groups in total. The molecule has 108 valence electrons. The molecule has 0 saturated carbocycles. The van der Waals surface area contributed by atoms with E-state index >= 15 is 0 Å². The van der Waals surface area contributed by atoms with Gasteiger partial charge in [0, 0.05) is 11.6 Å². The standard InChI is InChI=1S/C16H13Cl3N2/c1-10(17)16-20-14-4-2-3-13(19)15(14)21(16)9-11-5-7-12(18)8-6-11/h2-8,10H,9H2,1H3. The van der Waals surface area contributed by atoms with Crippen LogP contribution in [0.2, 0.25) is 10.0 Å². The molecule has 0 amide bonds. The fourth-order valence-corrected chi connectivity index (χ4v) is 2.96. The predicted octanol–water partition coefficient (Wildman–Crippen LogP) is 5.69. The average Bonchev–Trinajstić information content (AvgIpc) is 2.82. The number of alkyl halides is 1. The van der Waals surface area contributed by atoms with E-state index in [-0.39, 0.29) is 5.38 Å². The van der Waals surface area contributed by atoms with Gasteiger partial charge >= 0.3 is 0 Å². The lowest BCUT2D eigenvalue weighted by Gasteiger charge is -2.11. The highest BCUT2D eigenvalue weighted by atomic mass is 35.5. The molecule has 1 aromatic heterocycles. The van der Waals surface area contributed by atoms with Crippen molar-refractivity contribution in [3.05, 3.63) is 63.9 Å². The Hall–Kier alpha value is -1.22. The molecule has 3 rings (SSSR count). The molecule has 3 aromatic rings. The van der Waals surface area contributed by atoms with Crippen molar-refractivity contribution in [1.82, 2.24) is 9.55 Å². The maximum absolute atomic E-state index is 6.35. The number of halogens is 3. The highest BCUT2D eigenvalue weighted by molar-refractivity contribution is 6.35. The summed E-state index contributed by atoms with van der Waals surface area (Å²) < 4.78 is 2.07. The van der Waals surface area contributed by atoms with Gasteiger partial charge in [0.15, 0.2) is 0 Å². The highest BCUT2D eigenvalue weighted by Crippen LogP contribution is 2.30. The number of para-hydroxylation sites is 1. The highest BCUT2D eigenvalue weighted by Gasteiger charge is 2.17. The number of nitrogens with zero attached hydrogens (tertiary/aromatic N) is 2. The van der Waals surface area contributed by atoms with Crippen LogP contribution in [0.3, 0.4) is 0 Å². The number of hydrogen-bond donors (Lipinski definition) is 0. The van der Waals surface area contributed by atoms with Gasteiger partial charge < -0.3 is 4.57 Å². The van der Waals surface area contributed by atoms with Crippen LogP contribution in [-0.2, 0) is 6.54 Å². The molecule has 0 bridgehead atoms. The smallest absolute Gasteiger partial charge is 0.128 e. The molecule has 5 heteroatoms. The molecule has 1 atom stereocenters. The maximum atomic E-state index is 6.35. The molecular formula is C16H13Cl3N2. The van der Waals surface area contributed by atoms with E-state index in [2.05, 4.69) is 9.55 Å². The molecule has 0 aliphatic heterocycles. The third-order valence-electron chi connectivity index (χ3n) is 3.36. The predicted molar refractivity (Wildman–Crippen MR) is 89.6 cm³/mol. The summed E-state index contributed by atoms with van der Waals surface area (Å²) in [5.41, 5.74) is 2.90. The lowest BCUT2D eigenvalue weighted by Crippen LogP contribution is -2.06. The first kappa shape index (κ1) is 14.7. The summed E-state index contributed by atoms with van der Waals surface area (Å²) in [6, 6.07) is 13.5. The van der Waals surface area contributed by atoms with Gasteiger partial charge in [-0.25, -0.2) is 4.98 Å². The summed E-state index contributed by atoms with van der Waals surface area (Å²) >= 11 is 18.6. The van der Waals surface area contributed by atoms with Gasteiger partial charge in [-0.1, -0.05) is 41.4 Å². The Morgan fingerprint density at radius 3 is 2.48 bits per heavy atom. The van der Waals surface area contributed by atoms with E-state index in [1.165, 1.54) is 0 Å². The number of rotatable bonds is 3. The van der Waals surface area contributed by atoms with Crippen molar-refractivity contribution >= 4 is 45.8 Å². The van der Waals surface area contributed by atoms with Gasteiger partial charge in [0.25, 0.3) is 0 Å². The van der Waals surface area contributed by atoms with E-state index in [1.54, 1.807) is 0 Å². The molecule has 1 unspecified atom stereocenters. The second kappa shape index (κ2) is 5.88. The molecule has 0 fully saturated rings. The van der Waals surface area contributed by atoms with Gasteiger partial charge in [-0.3, -0.25) is 0 Å². The SMILES string of the molecule is CC(Cl)c1nc2cccc(Cl)c2n1Cc1ccc(Cl)cc1. The first-order valence-corrected chi connectivity index (χ1v) is 7.78. The second-order valence-corrected chi connectivity index (χ2v) is 6.40. The van der Waals surface area contributed by atoms with Crippen LogP contribution in [0, 0.1) is 0 Å². The minimum Gasteiger partial charge on any atom is -0.321 e. The fraction of sp³-hybridized carbons (Fsp3) is 0.188. The average molecular weight is 340 g/mol. The normalized spacial score (nSPS) is 12.8. The molecule has 0 saturated heterocycles. The summed E-state index contributed by atoms with van der Waals surface area (Å²) in [7, 11) is 0. The Balaban J connectivity index is 2.15. The molecule has 2 nitrogen and oxygen atoms in total. The summed E-state index contributed by atoms with van der Waals surface area (Å²) in [4.78, 5) is 4.61. The maximum Gasteiger partial charge on any atom is 0.128 e. The van der Waals surface area contributed by atoms with E-state index in [4.69, 9.17) is 34.8 Å². The first-order valence-electron chi connectivity index (χ1n) is 6.59. The number of hydrogen-bond acceptors (Lipinski definition) is 1. The summed E-state index contributed by atoms with van der Waals surface area (Å²) in [6.45, 7) is 2.57.